The highest BCUT2D eigenvalue weighted by Gasteiger charge is 2.41. The van der Waals surface area contributed by atoms with Gasteiger partial charge < -0.3 is 68.9 Å². The van der Waals surface area contributed by atoms with Crippen molar-refractivity contribution >= 4 is 76.9 Å². The molecule has 0 saturated carbocycles. The van der Waals surface area contributed by atoms with Crippen molar-refractivity contribution in [2.45, 2.75) is 169 Å². The van der Waals surface area contributed by atoms with E-state index in [1.165, 1.54) is 30.5 Å². The van der Waals surface area contributed by atoms with E-state index in [4.69, 9.17) is 21.4 Å². The summed E-state index contributed by atoms with van der Waals surface area (Å²) in [5.74, 6) is -10.0. The maximum absolute atomic E-state index is 14.1. The number of hydrogen-bond donors (Lipinski definition) is 12. The molecule has 394 valence electrons. The van der Waals surface area contributed by atoms with E-state index in [1.807, 2.05) is 13.8 Å². The van der Waals surface area contributed by atoms with Crippen molar-refractivity contribution in [3.05, 3.63) is 0 Å². The van der Waals surface area contributed by atoms with E-state index in [-0.39, 0.29) is 31.7 Å². The van der Waals surface area contributed by atoms with Crippen LogP contribution in [0.25, 0.3) is 0 Å². The van der Waals surface area contributed by atoms with Gasteiger partial charge in [0.05, 0.1) is 18.6 Å². The molecule has 0 unspecified atom stereocenters. The number of aliphatic hydroxyl groups is 1. The number of nitrogens with zero attached hydrogens (tertiary/aromatic N) is 1. The van der Waals surface area contributed by atoms with Crippen LogP contribution >= 0.6 is 11.8 Å². The van der Waals surface area contributed by atoms with Crippen molar-refractivity contribution in [1.29, 1.82) is 0 Å². The van der Waals surface area contributed by atoms with Gasteiger partial charge in [-0.05, 0) is 75.2 Å². The Kier molecular flexibility index (Phi) is 28.3. The topological polar surface area (TPSA) is 388 Å². The van der Waals surface area contributed by atoms with E-state index >= 15 is 0 Å². The first-order valence-corrected chi connectivity index (χ1v) is 24.3. The van der Waals surface area contributed by atoms with Gasteiger partial charge in [-0.15, -0.1) is 0 Å². The highest BCUT2D eigenvalue weighted by molar-refractivity contribution is 7.98. The maximum atomic E-state index is 14.1. The lowest BCUT2D eigenvalue weighted by Crippen LogP contribution is -2.61. The molecule has 0 spiro atoms. The summed E-state index contributed by atoms with van der Waals surface area (Å²) >= 11 is 1.41. The number of nitrogens with one attached hydrogen (secondary N) is 7. The number of aliphatic carboxylic acids is 2. The fraction of sp³-hybridized carbons (Fsp3) is 0.750. The number of hydrogen-bond acceptors (Lipinski definition) is 14. The lowest BCUT2D eigenvalue weighted by atomic mass is 9.99. The minimum absolute atomic E-state index is 0.0716. The highest BCUT2D eigenvalue weighted by Crippen LogP contribution is 2.22. The van der Waals surface area contributed by atoms with E-state index in [9.17, 15) is 58.2 Å². The lowest BCUT2D eigenvalue weighted by molar-refractivity contribution is -0.144. The molecule has 1 aliphatic rings. The van der Waals surface area contributed by atoms with Gasteiger partial charge in [0, 0.05) is 13.5 Å². The highest BCUT2D eigenvalue weighted by atomic mass is 32.2. The number of amides is 9. The molecule has 14 N–H and O–H groups in total. The third-order valence-corrected chi connectivity index (χ3v) is 11.3. The second-order valence-electron chi connectivity index (χ2n) is 18.5. The Hall–Kier alpha value is -5.56. The zero-order valence-corrected chi connectivity index (χ0v) is 42.7. The average molecular weight is 1000 g/mol. The van der Waals surface area contributed by atoms with Crippen LogP contribution in [0.4, 0.5) is 0 Å². The summed E-state index contributed by atoms with van der Waals surface area (Å²) in [6.45, 7) is 17.3. The second kappa shape index (κ2) is 30.8. The first kappa shape index (κ1) is 63.4. The summed E-state index contributed by atoms with van der Waals surface area (Å²) in [5.41, 5.74) is 11.0. The smallest absolute Gasteiger partial charge is 0.326 e. The van der Waals surface area contributed by atoms with Gasteiger partial charge >= 0.3 is 5.97 Å². The largest absolute Gasteiger partial charge is 0.481 e. The predicted molar refractivity (Wildman–Crippen MR) is 255 cm³/mol. The average Bonchev–Trinajstić information content (AvgIpc) is 3.72. The molecule has 1 rings (SSSR count). The van der Waals surface area contributed by atoms with Crippen LogP contribution in [-0.4, -0.2) is 164 Å². The predicted octanol–water partition coefficient (Wildman–Crippen LogP) is -2.08. The third-order valence-electron chi connectivity index (χ3n) is 10.7. The summed E-state index contributed by atoms with van der Waals surface area (Å²) in [4.78, 5) is 141. The molecule has 0 radical (unpaired) electrons. The van der Waals surface area contributed by atoms with Gasteiger partial charge in [0.15, 0.2) is 0 Å². The van der Waals surface area contributed by atoms with Crippen LogP contribution in [0.5, 0.6) is 0 Å². The molecule has 0 bridgehead atoms. The summed E-state index contributed by atoms with van der Waals surface area (Å²) in [7, 11) is 0. The Balaban J connectivity index is 0.0000111. The summed E-state index contributed by atoms with van der Waals surface area (Å²) < 4.78 is 0. The van der Waals surface area contributed by atoms with Crippen LogP contribution in [0.2, 0.25) is 0 Å². The van der Waals surface area contributed by atoms with E-state index in [1.54, 1.807) is 47.8 Å². The molecular weight excluding hydrogens is 925 g/mol. The minimum atomic E-state index is -1.56. The van der Waals surface area contributed by atoms with Crippen molar-refractivity contribution in [1.82, 2.24) is 42.1 Å². The minimum Gasteiger partial charge on any atom is -0.481 e. The zero-order valence-electron chi connectivity index (χ0n) is 41.9. The SMILES string of the molecule is CC(=O)O.CSCC[C@H](NC(=O)[C@@H]1CCCN1C(=O)[C@@H](NC(=O)[C@H](CC(C)C)NC(=O)[C@@H](N)CC(N)=O)C(C)C)C(=O)N[C@H](C(=O)N[C@@H](C)C(=O)N[C@H](C(=O)N[C@H](C(=O)O)C(C)C)[C@@H](C)O)C(C)C. The van der Waals surface area contributed by atoms with Crippen LogP contribution < -0.4 is 48.7 Å². The van der Waals surface area contributed by atoms with Crippen molar-refractivity contribution in [2.24, 2.45) is 35.1 Å². The van der Waals surface area contributed by atoms with Gasteiger partial charge in [0.25, 0.3) is 5.97 Å². The Bertz CT molecular complexity index is 1800. The van der Waals surface area contributed by atoms with Crippen LogP contribution in [0.1, 0.15) is 108 Å². The van der Waals surface area contributed by atoms with Crippen molar-refractivity contribution in [3.8, 4) is 0 Å². The normalized spacial score (nSPS) is 17.3. The number of carboxylic acids is 2. The molecule has 1 fully saturated rings. The molecule has 10 atom stereocenters. The van der Waals surface area contributed by atoms with Gasteiger partial charge in [-0.25, -0.2) is 4.79 Å². The first-order valence-electron chi connectivity index (χ1n) is 22.9. The van der Waals surface area contributed by atoms with E-state index in [0.29, 0.717) is 12.2 Å². The molecule has 0 aromatic carbocycles. The second-order valence-corrected chi connectivity index (χ2v) is 19.5. The van der Waals surface area contributed by atoms with Crippen LogP contribution in [-0.2, 0) is 52.7 Å². The number of carboxylic acid groups (broad SMARTS) is 2. The van der Waals surface area contributed by atoms with E-state index in [0.717, 1.165) is 6.92 Å². The van der Waals surface area contributed by atoms with E-state index in [2.05, 4.69) is 37.2 Å². The summed E-state index contributed by atoms with van der Waals surface area (Å²) in [6.07, 6.45) is 0.950. The molecule has 1 saturated heterocycles. The molecule has 25 heteroatoms. The molecule has 0 aliphatic carbocycles. The van der Waals surface area contributed by atoms with Crippen molar-refractivity contribution in [3.63, 3.8) is 0 Å². The number of likely N-dealkylation sites (tertiary alicyclic amines) is 1. The number of carbonyl (C=O) groups is 11. The lowest BCUT2D eigenvalue weighted by Gasteiger charge is -2.32. The fourth-order valence-electron chi connectivity index (χ4n) is 6.91. The summed E-state index contributed by atoms with van der Waals surface area (Å²) in [6, 6.07) is -11.0. The third kappa shape index (κ3) is 22.6. The number of rotatable bonds is 27. The van der Waals surface area contributed by atoms with Crippen LogP contribution in [0, 0.1) is 23.7 Å². The van der Waals surface area contributed by atoms with Gasteiger partial charge in [0.2, 0.25) is 53.2 Å². The fourth-order valence-corrected chi connectivity index (χ4v) is 7.38. The molecule has 24 nitrogen and oxygen atoms in total. The molecule has 9 amide bonds. The van der Waals surface area contributed by atoms with Gasteiger partial charge in [-0.3, -0.25) is 47.9 Å². The monoisotopic (exact) mass is 1000 g/mol. The Labute approximate surface area is 408 Å². The Morgan fingerprint density at radius 2 is 1.12 bits per heavy atom. The number of primary amides is 1. The first-order chi connectivity index (χ1) is 31.9. The molecule has 1 heterocycles. The molecule has 69 heavy (non-hydrogen) atoms. The molecular formula is C44H78N10O14S. The van der Waals surface area contributed by atoms with Gasteiger partial charge in [0.1, 0.15) is 48.3 Å². The molecule has 0 aromatic rings. The van der Waals surface area contributed by atoms with Gasteiger partial charge in [-0.2, -0.15) is 11.8 Å². The molecule has 1 aliphatic heterocycles. The summed E-state index contributed by atoms with van der Waals surface area (Å²) in [5, 5.41) is 45.0. The zero-order chi connectivity index (χ0) is 53.6. The van der Waals surface area contributed by atoms with Crippen LogP contribution in [0.15, 0.2) is 0 Å². The number of thioether (sulfide) groups is 1. The Morgan fingerprint density at radius 3 is 1.58 bits per heavy atom. The maximum Gasteiger partial charge on any atom is 0.326 e. The van der Waals surface area contributed by atoms with Crippen LogP contribution in [0.3, 0.4) is 0 Å². The quantitative estimate of drug-likeness (QED) is 0.0420. The number of carbonyl (C=O) groups excluding carboxylic acids is 9. The standard InChI is InChI=1S/C42H74N10O12S.C2H4O2/c1-19(2)17-27(47-35(56)25(43)18-29(44)54)37(58)49-31(21(5)6)41(62)52-15-12-13-28(52)38(59)46-26(14-16-65-11)36(57)48-30(20(3)4)39(60)45-23(9)34(55)51-33(24(10)53)40(61)50-32(22(7)8)42(63)64;1-2(3)4/h19-28,30-33,53H,12-18,43H2,1-11H3,(H2,44,54)(H,45,60)(H,46,59)(H,47,56)(H,48,57)(H,49,58)(H,50,61)(H,51,55)(H,63,64);1H3,(H,3,4)/t23-,24+,25-,26-,27-,28-,30-,31-,32-,33-;/m0./s1. The van der Waals surface area contributed by atoms with Gasteiger partial charge in [-0.1, -0.05) is 55.4 Å². The molecule has 0 aromatic heterocycles. The Morgan fingerprint density at radius 1 is 0.638 bits per heavy atom. The van der Waals surface area contributed by atoms with Crippen molar-refractivity contribution in [2.75, 3.05) is 18.6 Å². The number of nitrogens with two attached hydrogens (primary N) is 2. The number of aliphatic hydroxyl groups excluding tert-OH is 1. The van der Waals surface area contributed by atoms with Crippen molar-refractivity contribution < 1.29 is 68.1 Å². The van der Waals surface area contributed by atoms with E-state index < -0.39 is 150 Å².